The van der Waals surface area contributed by atoms with Gasteiger partial charge in [0.15, 0.2) is 0 Å². The smallest absolute Gasteiger partial charge is 0.320 e. The Balaban J connectivity index is 2.65. The van der Waals surface area contributed by atoms with E-state index in [1.165, 1.54) is 24.4 Å². The Hall–Kier alpha value is -1.00. The number of thioether (sulfide) groups is 1. The van der Waals surface area contributed by atoms with Crippen LogP contribution in [0.15, 0.2) is 30.3 Å². The first-order chi connectivity index (χ1) is 7.95. The summed E-state index contributed by atoms with van der Waals surface area (Å²) in [5.41, 5.74) is 6.58. The largest absolute Gasteiger partial charge is 0.468 e. The van der Waals surface area contributed by atoms with Crippen molar-refractivity contribution in [2.24, 2.45) is 5.73 Å². The SMILES string of the molecule is COC(=O)C(SCc1ccccc1)C(C)(C)N. The number of methoxy groups -OCH3 is 1. The van der Waals surface area contributed by atoms with Crippen LogP contribution in [0.5, 0.6) is 0 Å². The normalized spacial score (nSPS) is 13.2. The zero-order valence-corrected chi connectivity index (χ0v) is 11.3. The van der Waals surface area contributed by atoms with Crippen LogP contribution >= 0.6 is 11.8 Å². The third kappa shape index (κ3) is 4.40. The maximum atomic E-state index is 11.7. The summed E-state index contributed by atoms with van der Waals surface area (Å²) in [6.07, 6.45) is 0. The molecule has 1 unspecified atom stereocenters. The van der Waals surface area contributed by atoms with Gasteiger partial charge in [0.1, 0.15) is 5.25 Å². The molecule has 0 amide bonds. The molecule has 94 valence electrons. The van der Waals surface area contributed by atoms with Crippen LogP contribution in [0.1, 0.15) is 19.4 Å². The van der Waals surface area contributed by atoms with Crippen LogP contribution in [0, 0.1) is 0 Å². The highest BCUT2D eigenvalue weighted by Crippen LogP contribution is 2.26. The molecule has 0 saturated heterocycles. The van der Waals surface area contributed by atoms with Gasteiger partial charge in [-0.3, -0.25) is 4.79 Å². The monoisotopic (exact) mass is 253 g/mol. The van der Waals surface area contributed by atoms with Crippen molar-refractivity contribution in [3.05, 3.63) is 35.9 Å². The van der Waals surface area contributed by atoms with Crippen molar-refractivity contribution in [2.45, 2.75) is 30.4 Å². The first kappa shape index (κ1) is 14.1. The molecular weight excluding hydrogens is 234 g/mol. The molecule has 0 aromatic heterocycles. The lowest BCUT2D eigenvalue weighted by atomic mass is 10.0. The predicted molar refractivity (Wildman–Crippen MR) is 71.8 cm³/mol. The number of esters is 1. The van der Waals surface area contributed by atoms with Gasteiger partial charge < -0.3 is 10.5 Å². The van der Waals surface area contributed by atoms with E-state index in [9.17, 15) is 4.79 Å². The van der Waals surface area contributed by atoms with Gasteiger partial charge in [-0.2, -0.15) is 0 Å². The van der Waals surface area contributed by atoms with E-state index in [0.717, 1.165) is 5.75 Å². The second-order valence-electron chi connectivity index (χ2n) is 4.52. The van der Waals surface area contributed by atoms with Crippen molar-refractivity contribution in [1.29, 1.82) is 0 Å². The van der Waals surface area contributed by atoms with Crippen LogP contribution in [0.3, 0.4) is 0 Å². The lowest BCUT2D eigenvalue weighted by Gasteiger charge is -2.27. The Morgan fingerprint density at radius 1 is 1.41 bits per heavy atom. The van der Waals surface area contributed by atoms with Crippen molar-refractivity contribution >= 4 is 17.7 Å². The topological polar surface area (TPSA) is 52.3 Å². The van der Waals surface area contributed by atoms with E-state index in [1.807, 2.05) is 44.2 Å². The Morgan fingerprint density at radius 3 is 2.47 bits per heavy atom. The third-order valence-electron chi connectivity index (χ3n) is 2.35. The minimum atomic E-state index is -0.591. The van der Waals surface area contributed by atoms with Gasteiger partial charge >= 0.3 is 5.97 Å². The van der Waals surface area contributed by atoms with Gasteiger partial charge in [0.25, 0.3) is 0 Å². The standard InChI is InChI=1S/C13H19NO2S/c1-13(2,14)11(12(15)16-3)17-9-10-7-5-4-6-8-10/h4-8,11H,9,14H2,1-3H3. The van der Waals surface area contributed by atoms with E-state index in [1.54, 1.807) is 0 Å². The number of ether oxygens (including phenoxy) is 1. The minimum absolute atomic E-state index is 0.265. The van der Waals surface area contributed by atoms with Gasteiger partial charge in [-0.25, -0.2) is 0 Å². The van der Waals surface area contributed by atoms with Crippen LogP contribution in [-0.4, -0.2) is 23.9 Å². The van der Waals surface area contributed by atoms with Crippen molar-refractivity contribution in [1.82, 2.24) is 0 Å². The zero-order valence-electron chi connectivity index (χ0n) is 10.5. The molecule has 0 bridgehead atoms. The molecule has 0 spiro atoms. The van der Waals surface area contributed by atoms with Gasteiger partial charge in [0, 0.05) is 11.3 Å². The molecule has 0 heterocycles. The first-order valence-corrected chi connectivity index (χ1v) is 6.52. The van der Waals surface area contributed by atoms with Crippen LogP contribution < -0.4 is 5.73 Å². The summed E-state index contributed by atoms with van der Waals surface area (Å²) in [6.45, 7) is 3.68. The first-order valence-electron chi connectivity index (χ1n) is 5.47. The molecule has 17 heavy (non-hydrogen) atoms. The van der Waals surface area contributed by atoms with Gasteiger partial charge in [-0.1, -0.05) is 30.3 Å². The minimum Gasteiger partial charge on any atom is -0.468 e. The molecule has 1 aromatic carbocycles. The zero-order chi connectivity index (χ0) is 12.9. The molecule has 0 saturated carbocycles. The molecule has 1 rings (SSSR count). The lowest BCUT2D eigenvalue weighted by Crippen LogP contribution is -2.48. The summed E-state index contributed by atoms with van der Waals surface area (Å²) < 4.78 is 4.79. The number of carbonyl (C=O) groups excluding carboxylic acids is 1. The highest BCUT2D eigenvalue weighted by molar-refractivity contribution is 7.99. The maximum Gasteiger partial charge on any atom is 0.320 e. The van der Waals surface area contributed by atoms with Crippen LogP contribution in [0.4, 0.5) is 0 Å². The van der Waals surface area contributed by atoms with Crippen LogP contribution in [-0.2, 0) is 15.3 Å². The fraction of sp³-hybridized carbons (Fsp3) is 0.462. The highest BCUT2D eigenvalue weighted by Gasteiger charge is 2.33. The molecule has 3 nitrogen and oxygen atoms in total. The van der Waals surface area contributed by atoms with Crippen LogP contribution in [0.25, 0.3) is 0 Å². The Kier molecular flexibility index (Phi) is 5.02. The number of rotatable bonds is 5. The highest BCUT2D eigenvalue weighted by atomic mass is 32.2. The fourth-order valence-electron chi connectivity index (χ4n) is 1.45. The van der Waals surface area contributed by atoms with E-state index in [2.05, 4.69) is 0 Å². The summed E-state index contributed by atoms with van der Waals surface area (Å²) in [4.78, 5) is 11.7. The molecule has 0 fully saturated rings. The number of hydrogen-bond acceptors (Lipinski definition) is 4. The second-order valence-corrected chi connectivity index (χ2v) is 5.61. The summed E-state index contributed by atoms with van der Waals surface area (Å²) in [5, 5.41) is -0.354. The number of nitrogens with two attached hydrogens (primary N) is 1. The maximum absolute atomic E-state index is 11.7. The van der Waals surface area contributed by atoms with Gasteiger partial charge in [0.2, 0.25) is 0 Å². The molecule has 0 radical (unpaired) electrons. The Bertz CT molecular complexity index is 359. The molecule has 0 aliphatic heterocycles. The summed E-state index contributed by atoms with van der Waals surface area (Å²) in [7, 11) is 1.39. The van der Waals surface area contributed by atoms with E-state index in [0.29, 0.717) is 0 Å². The quantitative estimate of drug-likeness (QED) is 0.817. The van der Waals surface area contributed by atoms with E-state index in [4.69, 9.17) is 10.5 Å². The van der Waals surface area contributed by atoms with Gasteiger partial charge in [0.05, 0.1) is 7.11 Å². The molecule has 0 aliphatic carbocycles. The lowest BCUT2D eigenvalue weighted by molar-refractivity contribution is -0.140. The van der Waals surface area contributed by atoms with E-state index < -0.39 is 5.54 Å². The number of hydrogen-bond donors (Lipinski definition) is 1. The molecule has 2 N–H and O–H groups in total. The summed E-state index contributed by atoms with van der Waals surface area (Å²) in [6, 6.07) is 10.0. The molecule has 1 atom stereocenters. The number of benzene rings is 1. The average Bonchev–Trinajstić information content (AvgIpc) is 2.28. The molecule has 0 aliphatic rings. The summed E-state index contributed by atoms with van der Waals surface area (Å²) in [5.74, 6) is 0.486. The van der Waals surface area contributed by atoms with Crippen molar-refractivity contribution in [3.8, 4) is 0 Å². The molecule has 4 heteroatoms. The van der Waals surface area contributed by atoms with E-state index in [-0.39, 0.29) is 11.2 Å². The van der Waals surface area contributed by atoms with Crippen LogP contribution in [0.2, 0.25) is 0 Å². The van der Waals surface area contributed by atoms with E-state index >= 15 is 0 Å². The fourth-order valence-corrected chi connectivity index (χ4v) is 2.66. The van der Waals surface area contributed by atoms with Gasteiger partial charge in [-0.05, 0) is 19.4 Å². The molecular formula is C13H19NO2S. The second kappa shape index (κ2) is 6.07. The predicted octanol–water partition coefficient (Wildman–Crippen LogP) is 2.20. The number of carbonyl (C=O) groups is 1. The third-order valence-corrected chi connectivity index (χ3v) is 3.98. The van der Waals surface area contributed by atoms with Crippen molar-refractivity contribution in [3.63, 3.8) is 0 Å². The molecule has 1 aromatic rings. The van der Waals surface area contributed by atoms with Gasteiger partial charge in [-0.15, -0.1) is 11.8 Å². The van der Waals surface area contributed by atoms with Crippen molar-refractivity contribution in [2.75, 3.05) is 7.11 Å². The Morgan fingerprint density at radius 2 is 2.00 bits per heavy atom. The Labute approximate surface area is 107 Å². The summed E-state index contributed by atoms with van der Waals surface area (Å²) >= 11 is 1.51. The average molecular weight is 253 g/mol. The van der Waals surface area contributed by atoms with Crippen molar-refractivity contribution < 1.29 is 9.53 Å².